The molecule has 0 heterocycles. The van der Waals surface area contributed by atoms with E-state index in [1.54, 1.807) is 12.1 Å². The van der Waals surface area contributed by atoms with Crippen LogP contribution in [0.5, 0.6) is 0 Å². The smallest absolute Gasteiger partial charge is 0.251 e. The SMILES string of the molecule is CCCCCCCCC(=O)CNC(=O)c1ccccc1. The summed E-state index contributed by atoms with van der Waals surface area (Å²) in [5.74, 6) is -0.0633. The Bertz CT molecular complexity index is 401. The molecular weight excluding hydrogens is 250 g/mol. The van der Waals surface area contributed by atoms with Gasteiger partial charge in [0.2, 0.25) is 0 Å². The fourth-order valence-electron chi connectivity index (χ4n) is 2.06. The van der Waals surface area contributed by atoms with Crippen LogP contribution in [-0.2, 0) is 4.79 Å². The van der Waals surface area contributed by atoms with Crippen molar-refractivity contribution in [2.75, 3.05) is 6.54 Å². The van der Waals surface area contributed by atoms with Crippen molar-refractivity contribution in [2.24, 2.45) is 0 Å². The van der Waals surface area contributed by atoms with E-state index in [4.69, 9.17) is 0 Å². The minimum absolute atomic E-state index is 0.116. The molecule has 0 saturated carbocycles. The predicted octanol–water partition coefficient (Wildman–Crippen LogP) is 3.74. The van der Waals surface area contributed by atoms with Gasteiger partial charge in [0.05, 0.1) is 6.54 Å². The molecule has 1 amide bonds. The number of carbonyl (C=O) groups excluding carboxylic acids is 2. The molecule has 0 aliphatic carbocycles. The maximum Gasteiger partial charge on any atom is 0.251 e. The van der Waals surface area contributed by atoms with Gasteiger partial charge in [-0.25, -0.2) is 0 Å². The molecule has 0 aliphatic heterocycles. The van der Waals surface area contributed by atoms with Gasteiger partial charge >= 0.3 is 0 Å². The first-order chi connectivity index (χ1) is 9.74. The van der Waals surface area contributed by atoms with E-state index in [0.29, 0.717) is 12.0 Å². The quantitative estimate of drug-likeness (QED) is 0.661. The summed E-state index contributed by atoms with van der Waals surface area (Å²) in [6, 6.07) is 8.97. The van der Waals surface area contributed by atoms with Gasteiger partial charge in [-0.2, -0.15) is 0 Å². The molecule has 20 heavy (non-hydrogen) atoms. The van der Waals surface area contributed by atoms with Crippen LogP contribution < -0.4 is 5.32 Å². The van der Waals surface area contributed by atoms with Crippen LogP contribution in [0.15, 0.2) is 30.3 Å². The third kappa shape index (κ3) is 7.07. The van der Waals surface area contributed by atoms with Gasteiger partial charge in [0.15, 0.2) is 5.78 Å². The average molecular weight is 275 g/mol. The highest BCUT2D eigenvalue weighted by Crippen LogP contribution is 2.07. The van der Waals surface area contributed by atoms with Gasteiger partial charge in [0.25, 0.3) is 5.91 Å². The van der Waals surface area contributed by atoms with Crippen LogP contribution in [0.2, 0.25) is 0 Å². The van der Waals surface area contributed by atoms with Crippen molar-refractivity contribution in [1.29, 1.82) is 0 Å². The lowest BCUT2D eigenvalue weighted by Crippen LogP contribution is -2.29. The molecule has 0 spiro atoms. The highest BCUT2D eigenvalue weighted by molar-refractivity contribution is 5.96. The molecule has 0 unspecified atom stereocenters. The lowest BCUT2D eigenvalue weighted by atomic mass is 10.1. The summed E-state index contributed by atoms with van der Waals surface area (Å²) in [5.41, 5.74) is 0.597. The fraction of sp³-hybridized carbons (Fsp3) is 0.529. The molecular formula is C17H25NO2. The minimum Gasteiger partial charge on any atom is -0.345 e. The van der Waals surface area contributed by atoms with Crippen molar-refractivity contribution in [1.82, 2.24) is 5.32 Å². The summed E-state index contributed by atoms with van der Waals surface area (Å²) in [6.45, 7) is 2.33. The van der Waals surface area contributed by atoms with Crippen LogP contribution in [0.25, 0.3) is 0 Å². The van der Waals surface area contributed by atoms with E-state index in [0.717, 1.165) is 12.8 Å². The van der Waals surface area contributed by atoms with E-state index >= 15 is 0 Å². The molecule has 0 bridgehead atoms. The number of nitrogens with one attached hydrogen (secondary N) is 1. The topological polar surface area (TPSA) is 46.2 Å². The van der Waals surface area contributed by atoms with Crippen LogP contribution in [0, 0.1) is 0 Å². The highest BCUT2D eigenvalue weighted by atomic mass is 16.2. The van der Waals surface area contributed by atoms with Crippen molar-refractivity contribution in [2.45, 2.75) is 51.9 Å². The molecule has 0 aliphatic rings. The lowest BCUT2D eigenvalue weighted by Gasteiger charge is -2.05. The summed E-state index contributed by atoms with van der Waals surface area (Å²) < 4.78 is 0. The Hall–Kier alpha value is -1.64. The lowest BCUT2D eigenvalue weighted by molar-refractivity contribution is -0.118. The zero-order valence-corrected chi connectivity index (χ0v) is 12.4. The summed E-state index contributed by atoms with van der Waals surface area (Å²) in [6.07, 6.45) is 7.60. The van der Waals surface area contributed by atoms with Crippen LogP contribution in [0.1, 0.15) is 62.2 Å². The maximum atomic E-state index is 11.7. The average Bonchev–Trinajstić information content (AvgIpc) is 2.49. The van der Waals surface area contributed by atoms with Crippen LogP contribution in [-0.4, -0.2) is 18.2 Å². The molecule has 3 nitrogen and oxygen atoms in total. The monoisotopic (exact) mass is 275 g/mol. The number of carbonyl (C=O) groups is 2. The standard InChI is InChI=1S/C17H25NO2/c1-2-3-4-5-6-10-13-16(19)14-18-17(20)15-11-8-7-9-12-15/h7-9,11-12H,2-6,10,13-14H2,1H3,(H,18,20). The third-order valence-electron chi connectivity index (χ3n) is 3.29. The molecule has 110 valence electrons. The molecule has 0 atom stereocenters. The summed E-state index contributed by atoms with van der Waals surface area (Å²) in [7, 11) is 0. The number of Topliss-reactive ketones (excluding diaryl/α,β-unsaturated/α-hetero) is 1. The normalized spacial score (nSPS) is 10.2. The van der Waals surface area contributed by atoms with Crippen LogP contribution >= 0.6 is 0 Å². The zero-order chi connectivity index (χ0) is 14.6. The number of rotatable bonds is 10. The Morgan fingerprint density at radius 2 is 1.60 bits per heavy atom. The molecule has 0 fully saturated rings. The van der Waals surface area contributed by atoms with E-state index in [1.807, 2.05) is 18.2 Å². The van der Waals surface area contributed by atoms with Gasteiger partial charge in [0.1, 0.15) is 0 Å². The molecule has 1 aromatic carbocycles. The predicted molar refractivity (Wildman–Crippen MR) is 81.8 cm³/mol. The number of hydrogen-bond donors (Lipinski definition) is 1. The Morgan fingerprint density at radius 1 is 0.950 bits per heavy atom. The largest absolute Gasteiger partial charge is 0.345 e. The molecule has 0 radical (unpaired) electrons. The van der Waals surface area contributed by atoms with Crippen molar-refractivity contribution in [3.8, 4) is 0 Å². The summed E-state index contributed by atoms with van der Waals surface area (Å²) in [5, 5.41) is 2.67. The van der Waals surface area contributed by atoms with Gasteiger partial charge in [-0.1, -0.05) is 57.2 Å². The Labute approximate surface area is 121 Å². The van der Waals surface area contributed by atoms with Gasteiger partial charge in [0, 0.05) is 12.0 Å². The zero-order valence-electron chi connectivity index (χ0n) is 12.4. The minimum atomic E-state index is -0.179. The highest BCUT2D eigenvalue weighted by Gasteiger charge is 2.07. The number of hydrogen-bond acceptors (Lipinski definition) is 2. The number of benzene rings is 1. The van der Waals surface area contributed by atoms with E-state index < -0.39 is 0 Å². The summed E-state index contributed by atoms with van der Waals surface area (Å²) in [4.78, 5) is 23.4. The van der Waals surface area contributed by atoms with Crippen molar-refractivity contribution in [3.63, 3.8) is 0 Å². The van der Waals surface area contributed by atoms with E-state index in [9.17, 15) is 9.59 Å². The molecule has 1 rings (SSSR count). The third-order valence-corrected chi connectivity index (χ3v) is 3.29. The van der Waals surface area contributed by atoms with Gasteiger partial charge < -0.3 is 5.32 Å². The van der Waals surface area contributed by atoms with Crippen LogP contribution in [0.3, 0.4) is 0 Å². The maximum absolute atomic E-state index is 11.7. The first-order valence-corrected chi connectivity index (χ1v) is 7.59. The van der Waals surface area contributed by atoms with Gasteiger partial charge in [-0.05, 0) is 18.6 Å². The first-order valence-electron chi connectivity index (χ1n) is 7.59. The second-order valence-corrected chi connectivity index (χ2v) is 5.11. The first kappa shape index (κ1) is 16.4. The Balaban J connectivity index is 2.09. The molecule has 1 aromatic rings. The number of amides is 1. The second-order valence-electron chi connectivity index (χ2n) is 5.11. The molecule has 1 N–H and O–H groups in total. The number of unbranched alkanes of at least 4 members (excludes halogenated alkanes) is 5. The Morgan fingerprint density at radius 3 is 2.30 bits per heavy atom. The van der Waals surface area contributed by atoms with E-state index in [1.165, 1.54) is 25.7 Å². The molecule has 0 saturated heterocycles. The van der Waals surface area contributed by atoms with Crippen LogP contribution in [0.4, 0.5) is 0 Å². The van der Waals surface area contributed by atoms with Gasteiger partial charge in [-0.3, -0.25) is 9.59 Å². The molecule has 0 aromatic heterocycles. The summed E-state index contributed by atoms with van der Waals surface area (Å²) >= 11 is 0. The van der Waals surface area contributed by atoms with E-state index in [-0.39, 0.29) is 18.2 Å². The van der Waals surface area contributed by atoms with Crippen molar-refractivity contribution in [3.05, 3.63) is 35.9 Å². The van der Waals surface area contributed by atoms with Crippen molar-refractivity contribution >= 4 is 11.7 Å². The molecule has 3 heteroatoms. The second kappa shape index (κ2) is 10.2. The Kier molecular flexibility index (Phi) is 8.36. The van der Waals surface area contributed by atoms with E-state index in [2.05, 4.69) is 12.2 Å². The number of ketones is 1. The van der Waals surface area contributed by atoms with Crippen molar-refractivity contribution < 1.29 is 9.59 Å². The van der Waals surface area contributed by atoms with Gasteiger partial charge in [-0.15, -0.1) is 0 Å². The fourth-order valence-corrected chi connectivity index (χ4v) is 2.06.